The zero-order valence-electron chi connectivity index (χ0n) is 12.2. The van der Waals surface area contributed by atoms with Crippen molar-refractivity contribution in [2.45, 2.75) is 26.2 Å². The van der Waals surface area contributed by atoms with Crippen LogP contribution in [0.4, 0.5) is 0 Å². The van der Waals surface area contributed by atoms with Gasteiger partial charge in [-0.25, -0.2) is 5.43 Å². The number of nitrogens with zero attached hydrogens (tertiary/aromatic N) is 1. The molecule has 1 amide bonds. The number of benzene rings is 2. The van der Waals surface area contributed by atoms with Crippen LogP contribution in [0.15, 0.2) is 47.6 Å². The summed E-state index contributed by atoms with van der Waals surface area (Å²) in [5, 5.41) is 6.11. The van der Waals surface area contributed by atoms with E-state index in [4.69, 9.17) is 4.74 Å². The van der Waals surface area contributed by atoms with Gasteiger partial charge in [0.05, 0.1) is 0 Å². The van der Waals surface area contributed by atoms with E-state index < -0.39 is 0 Å². The summed E-state index contributed by atoms with van der Waals surface area (Å²) < 4.78 is 5.47. The molecule has 0 saturated heterocycles. The minimum absolute atomic E-state index is 0.0382. The molecule has 4 nitrogen and oxygen atoms in total. The number of ether oxygens (including phenoxy) is 1. The van der Waals surface area contributed by atoms with E-state index in [2.05, 4.69) is 17.5 Å². The van der Waals surface area contributed by atoms with Crippen molar-refractivity contribution in [3.8, 4) is 5.75 Å². The standard InChI is InChI=1S/C17H20N2O2/c1-2-3-6-11-18-19-17(20)13-21-16-10-9-14-7-4-5-8-15(14)12-16/h4-5,7-12H,2-3,6,13H2,1H3,(H,19,20)/b18-11+. The SMILES string of the molecule is CCCC/C=N/NC(=O)COc1ccc2ccccc2c1. The van der Waals surface area contributed by atoms with E-state index in [-0.39, 0.29) is 12.5 Å². The highest BCUT2D eigenvalue weighted by molar-refractivity contribution is 5.84. The lowest BCUT2D eigenvalue weighted by Crippen LogP contribution is -2.24. The van der Waals surface area contributed by atoms with Crippen molar-refractivity contribution in [3.63, 3.8) is 0 Å². The molecule has 0 radical (unpaired) electrons. The molecule has 0 atom stereocenters. The first-order valence-electron chi connectivity index (χ1n) is 7.21. The number of rotatable bonds is 7. The maximum atomic E-state index is 11.6. The molecule has 0 saturated carbocycles. The van der Waals surface area contributed by atoms with Crippen molar-refractivity contribution in [1.82, 2.24) is 5.43 Å². The third-order valence-electron chi connectivity index (χ3n) is 3.06. The fourth-order valence-corrected chi connectivity index (χ4v) is 1.92. The van der Waals surface area contributed by atoms with Gasteiger partial charge in [-0.3, -0.25) is 4.79 Å². The van der Waals surface area contributed by atoms with Gasteiger partial charge in [-0.05, 0) is 35.7 Å². The van der Waals surface area contributed by atoms with Crippen molar-refractivity contribution >= 4 is 22.9 Å². The van der Waals surface area contributed by atoms with Gasteiger partial charge in [0.1, 0.15) is 5.75 Å². The van der Waals surface area contributed by atoms with Crippen molar-refractivity contribution in [3.05, 3.63) is 42.5 Å². The molecule has 0 bridgehead atoms. The fraction of sp³-hybridized carbons (Fsp3) is 0.294. The van der Waals surface area contributed by atoms with Crippen LogP contribution in [-0.4, -0.2) is 18.7 Å². The number of carbonyl (C=O) groups excluding carboxylic acids is 1. The number of amides is 1. The second-order valence-corrected chi connectivity index (χ2v) is 4.79. The number of carbonyl (C=O) groups is 1. The van der Waals surface area contributed by atoms with Crippen LogP contribution in [0.2, 0.25) is 0 Å². The van der Waals surface area contributed by atoms with Crippen LogP contribution in [0, 0.1) is 0 Å². The highest BCUT2D eigenvalue weighted by Gasteiger charge is 2.02. The summed E-state index contributed by atoms with van der Waals surface area (Å²) in [7, 11) is 0. The molecule has 0 aliphatic carbocycles. The second-order valence-electron chi connectivity index (χ2n) is 4.79. The fourth-order valence-electron chi connectivity index (χ4n) is 1.92. The maximum absolute atomic E-state index is 11.6. The van der Waals surface area contributed by atoms with Gasteiger partial charge in [0.15, 0.2) is 6.61 Å². The van der Waals surface area contributed by atoms with Crippen LogP contribution >= 0.6 is 0 Å². The number of hydrogen-bond donors (Lipinski definition) is 1. The second kappa shape index (κ2) is 8.04. The maximum Gasteiger partial charge on any atom is 0.277 e. The van der Waals surface area contributed by atoms with Gasteiger partial charge < -0.3 is 4.74 Å². The van der Waals surface area contributed by atoms with Crippen LogP contribution in [0.3, 0.4) is 0 Å². The molecule has 0 aliphatic rings. The van der Waals surface area contributed by atoms with E-state index in [9.17, 15) is 4.79 Å². The normalized spacial score (nSPS) is 10.9. The molecular weight excluding hydrogens is 264 g/mol. The van der Waals surface area contributed by atoms with Crippen molar-refractivity contribution in [1.29, 1.82) is 0 Å². The predicted octanol–water partition coefficient (Wildman–Crippen LogP) is 3.51. The Labute approximate surface area is 124 Å². The number of fused-ring (bicyclic) bond motifs is 1. The smallest absolute Gasteiger partial charge is 0.277 e. The summed E-state index contributed by atoms with van der Waals surface area (Å²) in [5.41, 5.74) is 2.45. The van der Waals surface area contributed by atoms with Crippen molar-refractivity contribution < 1.29 is 9.53 Å². The van der Waals surface area contributed by atoms with E-state index in [0.717, 1.165) is 30.0 Å². The Kier molecular flexibility index (Phi) is 5.76. The molecule has 0 fully saturated rings. The lowest BCUT2D eigenvalue weighted by molar-refractivity contribution is -0.123. The van der Waals surface area contributed by atoms with Gasteiger partial charge in [0, 0.05) is 6.21 Å². The molecule has 0 unspecified atom stereocenters. The molecule has 1 N–H and O–H groups in total. The van der Waals surface area contributed by atoms with E-state index in [1.165, 1.54) is 0 Å². The summed E-state index contributed by atoms with van der Waals surface area (Å²) in [6.07, 6.45) is 4.79. The van der Waals surface area contributed by atoms with E-state index >= 15 is 0 Å². The van der Waals surface area contributed by atoms with Crippen molar-refractivity contribution in [2.75, 3.05) is 6.61 Å². The molecule has 2 aromatic carbocycles. The largest absolute Gasteiger partial charge is 0.484 e. The number of unbranched alkanes of at least 4 members (excludes halogenated alkanes) is 2. The van der Waals surface area contributed by atoms with Gasteiger partial charge in [-0.1, -0.05) is 43.7 Å². The quantitative estimate of drug-likeness (QED) is 0.480. The highest BCUT2D eigenvalue weighted by Crippen LogP contribution is 2.20. The average molecular weight is 284 g/mol. The number of hydrogen-bond acceptors (Lipinski definition) is 3. The molecule has 0 spiro atoms. The third kappa shape index (κ3) is 4.91. The number of nitrogens with one attached hydrogen (secondary N) is 1. The Balaban J connectivity index is 1.81. The Bertz CT molecular complexity index is 623. The van der Waals surface area contributed by atoms with Crippen LogP contribution in [0.5, 0.6) is 5.75 Å². The Morgan fingerprint density at radius 3 is 2.86 bits per heavy atom. The van der Waals surface area contributed by atoms with Crippen LogP contribution in [0.1, 0.15) is 26.2 Å². The van der Waals surface area contributed by atoms with Gasteiger partial charge in [-0.2, -0.15) is 5.10 Å². The Hall–Kier alpha value is -2.36. The summed E-state index contributed by atoms with van der Waals surface area (Å²) in [6, 6.07) is 13.8. The summed E-state index contributed by atoms with van der Waals surface area (Å²) >= 11 is 0. The highest BCUT2D eigenvalue weighted by atomic mass is 16.5. The molecule has 0 heterocycles. The minimum atomic E-state index is -0.254. The lowest BCUT2D eigenvalue weighted by atomic mass is 10.1. The topological polar surface area (TPSA) is 50.7 Å². The lowest BCUT2D eigenvalue weighted by Gasteiger charge is -2.06. The monoisotopic (exact) mass is 284 g/mol. The summed E-state index contributed by atoms with van der Waals surface area (Å²) in [5.74, 6) is 0.426. The molecule has 21 heavy (non-hydrogen) atoms. The van der Waals surface area contributed by atoms with Gasteiger partial charge >= 0.3 is 0 Å². The summed E-state index contributed by atoms with van der Waals surface area (Å²) in [4.78, 5) is 11.6. The molecule has 2 rings (SSSR count). The Morgan fingerprint density at radius 2 is 2.05 bits per heavy atom. The van der Waals surface area contributed by atoms with E-state index in [0.29, 0.717) is 5.75 Å². The molecule has 110 valence electrons. The zero-order valence-corrected chi connectivity index (χ0v) is 12.2. The molecule has 2 aromatic rings. The van der Waals surface area contributed by atoms with Crippen LogP contribution < -0.4 is 10.2 Å². The first-order chi connectivity index (χ1) is 10.3. The van der Waals surface area contributed by atoms with Gasteiger partial charge in [0.2, 0.25) is 0 Å². The molecule has 0 aromatic heterocycles. The molecule has 0 aliphatic heterocycles. The summed E-state index contributed by atoms with van der Waals surface area (Å²) in [6.45, 7) is 2.08. The van der Waals surface area contributed by atoms with Gasteiger partial charge in [-0.15, -0.1) is 0 Å². The minimum Gasteiger partial charge on any atom is -0.484 e. The van der Waals surface area contributed by atoms with E-state index in [1.807, 2.05) is 42.5 Å². The van der Waals surface area contributed by atoms with E-state index in [1.54, 1.807) is 6.21 Å². The van der Waals surface area contributed by atoms with Crippen molar-refractivity contribution in [2.24, 2.45) is 5.10 Å². The van der Waals surface area contributed by atoms with Crippen LogP contribution in [-0.2, 0) is 4.79 Å². The zero-order chi connectivity index (χ0) is 14.9. The first-order valence-corrected chi connectivity index (χ1v) is 7.21. The predicted molar refractivity (Wildman–Crippen MR) is 85.6 cm³/mol. The van der Waals surface area contributed by atoms with Crippen LogP contribution in [0.25, 0.3) is 10.8 Å². The molecule has 4 heteroatoms. The van der Waals surface area contributed by atoms with Gasteiger partial charge in [0.25, 0.3) is 5.91 Å². The Morgan fingerprint density at radius 1 is 1.24 bits per heavy atom. The molecular formula is C17H20N2O2. The number of hydrazone groups is 1. The third-order valence-corrected chi connectivity index (χ3v) is 3.06. The average Bonchev–Trinajstić information content (AvgIpc) is 2.52. The first kappa shape index (κ1) is 15.0.